The molecule has 0 unspecified atom stereocenters. The van der Waals surface area contributed by atoms with Gasteiger partial charge in [-0.05, 0) is 42.7 Å². The number of piperidine rings is 1. The van der Waals surface area contributed by atoms with Gasteiger partial charge in [0.1, 0.15) is 0 Å². The van der Waals surface area contributed by atoms with Crippen molar-refractivity contribution in [2.45, 2.75) is 25.5 Å². The highest BCUT2D eigenvalue weighted by molar-refractivity contribution is 6.42. The normalized spacial score (nSPS) is 18.0. The number of benzene rings is 2. The predicted octanol–water partition coefficient (Wildman–Crippen LogP) is 4.35. The Hall–Kier alpha value is -1.75. The van der Waals surface area contributed by atoms with Crippen molar-refractivity contribution in [1.29, 1.82) is 0 Å². The van der Waals surface area contributed by atoms with Crippen LogP contribution in [0.25, 0.3) is 11.0 Å². The Balaban J connectivity index is 1.77. The number of rotatable bonds is 3. The van der Waals surface area contributed by atoms with Crippen LogP contribution in [-0.4, -0.2) is 33.9 Å². The summed E-state index contributed by atoms with van der Waals surface area (Å²) < 4.78 is 2.19. The molecule has 0 spiro atoms. The van der Waals surface area contributed by atoms with Gasteiger partial charge in [-0.25, -0.2) is 4.98 Å². The van der Waals surface area contributed by atoms with Crippen LogP contribution in [0.3, 0.4) is 0 Å². The van der Waals surface area contributed by atoms with E-state index in [4.69, 9.17) is 28.2 Å². The molecular weight excluding hydrogens is 357 g/mol. The minimum atomic E-state index is -0.299. The van der Waals surface area contributed by atoms with Crippen molar-refractivity contribution >= 4 is 40.2 Å². The third kappa shape index (κ3) is 3.34. The van der Waals surface area contributed by atoms with Crippen molar-refractivity contribution in [1.82, 2.24) is 9.55 Å². The summed E-state index contributed by atoms with van der Waals surface area (Å²) >= 11 is 12.2. The second kappa shape index (κ2) is 6.87. The zero-order valence-corrected chi connectivity index (χ0v) is 15.2. The summed E-state index contributed by atoms with van der Waals surface area (Å²) in [5.74, 6) is 0.894. The number of aliphatic hydroxyl groups excluding tert-OH is 1. The van der Waals surface area contributed by atoms with Crippen LogP contribution < -0.4 is 4.90 Å². The summed E-state index contributed by atoms with van der Waals surface area (Å²) in [7, 11) is 0. The van der Waals surface area contributed by atoms with Crippen LogP contribution in [0.4, 0.5) is 5.95 Å². The van der Waals surface area contributed by atoms with E-state index < -0.39 is 0 Å². The van der Waals surface area contributed by atoms with Gasteiger partial charge in [0.2, 0.25) is 5.95 Å². The van der Waals surface area contributed by atoms with E-state index in [1.807, 2.05) is 36.4 Å². The number of imidazole rings is 1. The van der Waals surface area contributed by atoms with Gasteiger partial charge in [-0.15, -0.1) is 0 Å². The number of hydrogen-bond donors (Lipinski definition) is 1. The lowest BCUT2D eigenvalue weighted by atomic mass is 10.1. The monoisotopic (exact) mass is 375 g/mol. The van der Waals surface area contributed by atoms with Crippen LogP contribution >= 0.6 is 23.2 Å². The molecule has 1 saturated heterocycles. The van der Waals surface area contributed by atoms with Crippen LogP contribution in [0.1, 0.15) is 18.4 Å². The Morgan fingerprint density at radius 3 is 2.76 bits per heavy atom. The standard InChI is InChI=1S/C19H19Cl2N3O/c20-15-8-7-13(10-16(15)21)11-24-18-6-2-1-5-17(18)22-19(24)23-9-3-4-14(25)12-23/h1-2,5-8,10,14,25H,3-4,9,11-12H2/t14-/m1/s1. The number of fused-ring (bicyclic) bond motifs is 1. The fourth-order valence-corrected chi connectivity index (χ4v) is 3.74. The molecule has 0 radical (unpaired) electrons. The van der Waals surface area contributed by atoms with Gasteiger partial charge in [0.05, 0.1) is 33.7 Å². The minimum Gasteiger partial charge on any atom is -0.391 e. The lowest BCUT2D eigenvalue weighted by Crippen LogP contribution is -2.39. The highest BCUT2D eigenvalue weighted by Gasteiger charge is 2.23. The quantitative estimate of drug-likeness (QED) is 0.739. The average molecular weight is 376 g/mol. The number of anilines is 1. The van der Waals surface area contributed by atoms with Gasteiger partial charge in [-0.2, -0.15) is 0 Å². The fraction of sp³-hybridized carbons (Fsp3) is 0.316. The van der Waals surface area contributed by atoms with E-state index in [0.29, 0.717) is 23.1 Å². The molecule has 0 aliphatic carbocycles. The van der Waals surface area contributed by atoms with Crippen LogP contribution in [0.5, 0.6) is 0 Å². The lowest BCUT2D eigenvalue weighted by Gasteiger charge is -2.31. The highest BCUT2D eigenvalue weighted by Crippen LogP contribution is 2.28. The smallest absolute Gasteiger partial charge is 0.206 e. The second-order valence-corrected chi connectivity index (χ2v) is 7.29. The van der Waals surface area contributed by atoms with Gasteiger partial charge in [-0.1, -0.05) is 41.4 Å². The van der Waals surface area contributed by atoms with Crippen molar-refractivity contribution in [2.24, 2.45) is 0 Å². The van der Waals surface area contributed by atoms with Crippen LogP contribution in [0.15, 0.2) is 42.5 Å². The van der Waals surface area contributed by atoms with Crippen molar-refractivity contribution in [2.75, 3.05) is 18.0 Å². The molecule has 0 amide bonds. The van der Waals surface area contributed by atoms with Crippen LogP contribution in [0.2, 0.25) is 10.0 Å². The molecule has 1 atom stereocenters. The number of aromatic nitrogens is 2. The first kappa shape index (κ1) is 16.7. The van der Waals surface area contributed by atoms with Crippen LogP contribution in [0, 0.1) is 0 Å². The molecule has 0 bridgehead atoms. The van der Waals surface area contributed by atoms with Gasteiger partial charge in [0.25, 0.3) is 0 Å². The van der Waals surface area contributed by atoms with E-state index in [1.54, 1.807) is 0 Å². The Morgan fingerprint density at radius 2 is 1.96 bits per heavy atom. The SMILES string of the molecule is O[C@@H]1CCCN(c2nc3ccccc3n2Cc2ccc(Cl)c(Cl)c2)C1. The Bertz CT molecular complexity index is 909. The lowest BCUT2D eigenvalue weighted by molar-refractivity contribution is 0.153. The first-order chi connectivity index (χ1) is 12.1. The maximum Gasteiger partial charge on any atom is 0.206 e. The Kier molecular flexibility index (Phi) is 4.59. The van der Waals surface area contributed by atoms with Crippen LogP contribution in [-0.2, 0) is 6.54 Å². The summed E-state index contributed by atoms with van der Waals surface area (Å²) in [6, 6.07) is 13.8. The van der Waals surface area contributed by atoms with Crippen molar-refractivity contribution < 1.29 is 5.11 Å². The van der Waals surface area contributed by atoms with Gasteiger partial charge < -0.3 is 14.6 Å². The molecule has 2 aromatic carbocycles. The zero-order chi connectivity index (χ0) is 17.4. The number of β-amino-alcohol motifs (C(OH)–C–C–N with tert-alkyl or cyclic N) is 1. The summed E-state index contributed by atoms with van der Waals surface area (Å²) in [6.45, 7) is 2.17. The molecule has 1 aliphatic rings. The summed E-state index contributed by atoms with van der Waals surface area (Å²) in [6.07, 6.45) is 1.52. The first-order valence-corrected chi connectivity index (χ1v) is 9.19. The molecule has 130 valence electrons. The molecule has 4 nitrogen and oxygen atoms in total. The second-order valence-electron chi connectivity index (χ2n) is 6.48. The third-order valence-electron chi connectivity index (χ3n) is 4.64. The average Bonchev–Trinajstić information content (AvgIpc) is 2.97. The molecule has 4 rings (SSSR count). The van der Waals surface area contributed by atoms with E-state index in [0.717, 1.165) is 41.9 Å². The summed E-state index contributed by atoms with van der Waals surface area (Å²) in [5.41, 5.74) is 3.10. The van der Waals surface area contributed by atoms with E-state index in [-0.39, 0.29) is 6.10 Å². The number of para-hydroxylation sites is 2. The van der Waals surface area contributed by atoms with Crippen molar-refractivity contribution in [3.63, 3.8) is 0 Å². The van der Waals surface area contributed by atoms with E-state index >= 15 is 0 Å². The number of aliphatic hydroxyl groups is 1. The van der Waals surface area contributed by atoms with Crippen molar-refractivity contribution in [3.8, 4) is 0 Å². The maximum atomic E-state index is 10.1. The molecule has 1 fully saturated rings. The Labute approximate surface area is 156 Å². The molecule has 0 saturated carbocycles. The summed E-state index contributed by atoms with van der Waals surface area (Å²) in [5, 5.41) is 11.2. The summed E-state index contributed by atoms with van der Waals surface area (Å²) in [4.78, 5) is 7.00. The van der Waals surface area contributed by atoms with Crippen molar-refractivity contribution in [3.05, 3.63) is 58.1 Å². The van der Waals surface area contributed by atoms with Gasteiger partial charge in [0.15, 0.2) is 0 Å². The number of hydrogen-bond acceptors (Lipinski definition) is 3. The Morgan fingerprint density at radius 1 is 1.12 bits per heavy atom. The molecule has 3 aromatic rings. The molecule has 6 heteroatoms. The van der Waals surface area contributed by atoms with E-state index in [2.05, 4.69) is 15.5 Å². The van der Waals surface area contributed by atoms with E-state index in [1.165, 1.54) is 0 Å². The predicted molar refractivity (Wildman–Crippen MR) is 103 cm³/mol. The topological polar surface area (TPSA) is 41.3 Å². The van der Waals surface area contributed by atoms with Gasteiger partial charge in [-0.3, -0.25) is 0 Å². The highest BCUT2D eigenvalue weighted by atomic mass is 35.5. The molecule has 2 heterocycles. The molecule has 1 aliphatic heterocycles. The molecule has 1 aromatic heterocycles. The maximum absolute atomic E-state index is 10.1. The van der Waals surface area contributed by atoms with E-state index in [9.17, 15) is 5.11 Å². The zero-order valence-electron chi connectivity index (χ0n) is 13.7. The largest absolute Gasteiger partial charge is 0.391 e. The first-order valence-electron chi connectivity index (χ1n) is 8.44. The number of halogens is 2. The molecular formula is C19H19Cl2N3O. The third-order valence-corrected chi connectivity index (χ3v) is 5.38. The molecule has 1 N–H and O–H groups in total. The minimum absolute atomic E-state index is 0.299. The van der Waals surface area contributed by atoms with Gasteiger partial charge >= 0.3 is 0 Å². The molecule has 25 heavy (non-hydrogen) atoms. The number of nitrogens with zero attached hydrogens (tertiary/aromatic N) is 3. The van der Waals surface area contributed by atoms with Gasteiger partial charge in [0, 0.05) is 13.1 Å². The fourth-order valence-electron chi connectivity index (χ4n) is 3.42.